The molecule has 0 amide bonds. The summed E-state index contributed by atoms with van der Waals surface area (Å²) >= 11 is 0. The lowest BCUT2D eigenvalue weighted by molar-refractivity contribution is 0.186. The zero-order chi connectivity index (χ0) is 20.4. The van der Waals surface area contributed by atoms with Crippen molar-refractivity contribution in [1.29, 1.82) is 0 Å². The summed E-state index contributed by atoms with van der Waals surface area (Å²) in [6.07, 6.45) is -0.0506. The summed E-state index contributed by atoms with van der Waals surface area (Å²) in [5.41, 5.74) is 1.44. The van der Waals surface area contributed by atoms with Crippen molar-refractivity contribution in [2.45, 2.75) is 39.4 Å². The predicted octanol–water partition coefficient (Wildman–Crippen LogP) is 3.44. The summed E-state index contributed by atoms with van der Waals surface area (Å²) in [6, 6.07) is 14.1. The Bertz CT molecular complexity index is 748. The van der Waals surface area contributed by atoms with E-state index in [9.17, 15) is 9.50 Å². The molecule has 6 heteroatoms. The van der Waals surface area contributed by atoms with Gasteiger partial charge in [0.1, 0.15) is 11.6 Å². The minimum Gasteiger partial charge on any atom is -0.491 e. The monoisotopic (exact) mass is 387 g/mol. The maximum absolute atomic E-state index is 13.7. The zero-order valence-corrected chi connectivity index (χ0v) is 16.8. The molecule has 0 fully saturated rings. The van der Waals surface area contributed by atoms with Gasteiger partial charge >= 0.3 is 0 Å². The van der Waals surface area contributed by atoms with E-state index in [1.165, 1.54) is 6.07 Å². The minimum absolute atomic E-state index is 0.110. The van der Waals surface area contributed by atoms with Gasteiger partial charge in [0.15, 0.2) is 5.96 Å². The summed E-state index contributed by atoms with van der Waals surface area (Å²) in [5, 5.41) is 16.7. The Hall–Kier alpha value is -2.60. The molecule has 0 heterocycles. The number of ether oxygens (including phenoxy) is 1. The van der Waals surface area contributed by atoms with E-state index in [0.29, 0.717) is 31.0 Å². The number of guanidine groups is 1. The van der Waals surface area contributed by atoms with Crippen LogP contribution in [0.2, 0.25) is 0 Å². The molecule has 0 saturated carbocycles. The summed E-state index contributed by atoms with van der Waals surface area (Å²) in [4.78, 5) is 4.43. The Morgan fingerprint density at radius 1 is 1.11 bits per heavy atom. The van der Waals surface area contributed by atoms with Gasteiger partial charge in [0.2, 0.25) is 0 Å². The second-order valence-corrected chi connectivity index (χ2v) is 6.74. The molecule has 0 aliphatic carbocycles. The molecule has 2 aromatic rings. The van der Waals surface area contributed by atoms with Gasteiger partial charge in [0.05, 0.1) is 18.8 Å². The highest BCUT2D eigenvalue weighted by Gasteiger charge is 2.09. The Balaban J connectivity index is 1.89. The summed E-state index contributed by atoms with van der Waals surface area (Å²) in [7, 11) is 0. The maximum atomic E-state index is 13.7. The van der Waals surface area contributed by atoms with Crippen LogP contribution in [-0.2, 0) is 6.42 Å². The molecule has 2 rings (SSSR count). The third kappa shape index (κ3) is 7.19. The van der Waals surface area contributed by atoms with Crippen molar-refractivity contribution in [3.05, 3.63) is 65.5 Å². The van der Waals surface area contributed by atoms with Gasteiger partial charge in [-0.15, -0.1) is 0 Å². The number of nitrogens with one attached hydrogen (secondary N) is 2. The van der Waals surface area contributed by atoms with Crippen molar-refractivity contribution in [2.24, 2.45) is 4.99 Å². The average Bonchev–Trinajstić information content (AvgIpc) is 2.67. The van der Waals surface area contributed by atoms with E-state index in [4.69, 9.17) is 4.74 Å². The van der Waals surface area contributed by atoms with Gasteiger partial charge < -0.3 is 20.5 Å². The topological polar surface area (TPSA) is 65.9 Å². The van der Waals surface area contributed by atoms with Crippen molar-refractivity contribution >= 4 is 5.96 Å². The predicted molar refractivity (Wildman–Crippen MR) is 111 cm³/mol. The van der Waals surface area contributed by atoms with Gasteiger partial charge in [-0.25, -0.2) is 4.39 Å². The number of halogens is 1. The van der Waals surface area contributed by atoms with Crippen molar-refractivity contribution in [2.75, 3.05) is 19.6 Å². The quantitative estimate of drug-likeness (QED) is 0.456. The molecule has 1 unspecified atom stereocenters. The van der Waals surface area contributed by atoms with E-state index < -0.39 is 6.10 Å². The standard InChI is InChI=1S/C22H30FN3O2/c1-4-24-22(25-14-13-17-7-5-6-8-20(17)23)26-15-21(27)18-9-11-19(12-10-18)28-16(2)3/h5-12,16,21,27H,4,13-15H2,1-3H3,(H2,24,25,26). The molecule has 1 atom stereocenters. The number of aliphatic hydroxyl groups excluding tert-OH is 1. The minimum atomic E-state index is -0.713. The van der Waals surface area contributed by atoms with Gasteiger partial charge in [0, 0.05) is 13.1 Å². The van der Waals surface area contributed by atoms with Crippen molar-refractivity contribution < 1.29 is 14.2 Å². The van der Waals surface area contributed by atoms with Crippen molar-refractivity contribution in [3.8, 4) is 5.75 Å². The largest absolute Gasteiger partial charge is 0.491 e. The molecule has 0 bridgehead atoms. The number of rotatable bonds is 9. The zero-order valence-electron chi connectivity index (χ0n) is 16.8. The molecule has 0 aliphatic rings. The number of aliphatic hydroxyl groups is 1. The SMILES string of the molecule is CCNC(=NCC(O)c1ccc(OC(C)C)cc1)NCCc1ccccc1F. The molecule has 28 heavy (non-hydrogen) atoms. The van der Waals surface area contributed by atoms with Crippen LogP contribution in [0.15, 0.2) is 53.5 Å². The third-order valence-electron chi connectivity index (χ3n) is 4.05. The van der Waals surface area contributed by atoms with Gasteiger partial charge in [-0.05, 0) is 56.5 Å². The normalized spacial score (nSPS) is 12.7. The smallest absolute Gasteiger partial charge is 0.191 e. The molecule has 2 aromatic carbocycles. The number of hydrogen-bond donors (Lipinski definition) is 3. The molecule has 3 N–H and O–H groups in total. The van der Waals surface area contributed by atoms with E-state index in [2.05, 4.69) is 15.6 Å². The van der Waals surface area contributed by atoms with Gasteiger partial charge in [0.25, 0.3) is 0 Å². The molecule has 0 spiro atoms. The number of benzene rings is 2. The first-order chi connectivity index (χ1) is 13.5. The Labute approximate surface area is 166 Å². The lowest BCUT2D eigenvalue weighted by Crippen LogP contribution is -2.38. The highest BCUT2D eigenvalue weighted by molar-refractivity contribution is 5.79. The Morgan fingerprint density at radius 2 is 1.82 bits per heavy atom. The van der Waals surface area contributed by atoms with Gasteiger partial charge in [-0.3, -0.25) is 4.99 Å². The van der Waals surface area contributed by atoms with Crippen LogP contribution >= 0.6 is 0 Å². The van der Waals surface area contributed by atoms with Crippen LogP contribution in [0.5, 0.6) is 5.75 Å². The summed E-state index contributed by atoms with van der Waals surface area (Å²) < 4.78 is 19.3. The van der Waals surface area contributed by atoms with Crippen LogP contribution < -0.4 is 15.4 Å². The highest BCUT2D eigenvalue weighted by atomic mass is 19.1. The van der Waals surface area contributed by atoms with Gasteiger partial charge in [-0.1, -0.05) is 30.3 Å². The fourth-order valence-corrected chi connectivity index (χ4v) is 2.68. The van der Waals surface area contributed by atoms with Crippen LogP contribution in [0.3, 0.4) is 0 Å². The lowest BCUT2D eigenvalue weighted by Gasteiger charge is -2.14. The van der Waals surface area contributed by atoms with E-state index >= 15 is 0 Å². The van der Waals surface area contributed by atoms with Gasteiger partial charge in [-0.2, -0.15) is 0 Å². The highest BCUT2D eigenvalue weighted by Crippen LogP contribution is 2.19. The first-order valence-corrected chi connectivity index (χ1v) is 9.69. The second-order valence-electron chi connectivity index (χ2n) is 6.74. The molecule has 5 nitrogen and oxygen atoms in total. The average molecular weight is 387 g/mol. The first kappa shape index (κ1) is 21.7. The Kier molecular flexibility index (Phi) is 8.75. The van der Waals surface area contributed by atoms with Crippen LogP contribution in [-0.4, -0.2) is 36.8 Å². The summed E-state index contributed by atoms with van der Waals surface area (Å²) in [5.74, 6) is 1.17. The number of aliphatic imine (C=N–C) groups is 1. The molecule has 0 aromatic heterocycles. The van der Waals surface area contributed by atoms with Crippen LogP contribution in [0.25, 0.3) is 0 Å². The molecule has 152 valence electrons. The van der Waals surface area contributed by atoms with Crippen LogP contribution in [0.4, 0.5) is 4.39 Å². The Morgan fingerprint density at radius 3 is 2.46 bits per heavy atom. The van der Waals surface area contributed by atoms with E-state index in [1.807, 2.05) is 51.1 Å². The van der Waals surface area contributed by atoms with E-state index in [1.54, 1.807) is 12.1 Å². The molecule has 0 saturated heterocycles. The molecule has 0 radical (unpaired) electrons. The third-order valence-corrected chi connectivity index (χ3v) is 4.05. The number of hydrogen-bond acceptors (Lipinski definition) is 3. The van der Waals surface area contributed by atoms with E-state index in [-0.39, 0.29) is 18.5 Å². The van der Waals surface area contributed by atoms with Crippen LogP contribution in [0.1, 0.15) is 38.0 Å². The maximum Gasteiger partial charge on any atom is 0.191 e. The first-order valence-electron chi connectivity index (χ1n) is 9.69. The molecular weight excluding hydrogens is 357 g/mol. The van der Waals surface area contributed by atoms with Crippen molar-refractivity contribution in [3.63, 3.8) is 0 Å². The molecule has 0 aliphatic heterocycles. The van der Waals surface area contributed by atoms with E-state index in [0.717, 1.165) is 11.3 Å². The second kappa shape index (κ2) is 11.3. The molecular formula is C22H30FN3O2. The van der Waals surface area contributed by atoms with Crippen molar-refractivity contribution in [1.82, 2.24) is 10.6 Å². The number of nitrogens with zero attached hydrogens (tertiary/aromatic N) is 1. The summed E-state index contributed by atoms with van der Waals surface area (Å²) in [6.45, 7) is 7.38. The fraction of sp³-hybridized carbons (Fsp3) is 0.409. The fourth-order valence-electron chi connectivity index (χ4n) is 2.68. The van der Waals surface area contributed by atoms with Crippen LogP contribution in [0, 0.1) is 5.82 Å². The lowest BCUT2D eigenvalue weighted by atomic mass is 10.1.